The van der Waals surface area contributed by atoms with Gasteiger partial charge < -0.3 is 19.9 Å². The molecule has 1 aliphatic carbocycles. The number of carbonyl (C=O) groups excluding carboxylic acids is 1. The van der Waals surface area contributed by atoms with Gasteiger partial charge in [-0.25, -0.2) is 4.79 Å². The zero-order chi connectivity index (χ0) is 27.2. The van der Waals surface area contributed by atoms with E-state index in [0.717, 1.165) is 36.1 Å². The van der Waals surface area contributed by atoms with E-state index in [1.54, 1.807) is 24.3 Å². The smallest absolute Gasteiger partial charge is 0.335 e. The van der Waals surface area contributed by atoms with Crippen molar-refractivity contribution in [1.82, 2.24) is 0 Å². The molecule has 0 fully saturated rings. The summed E-state index contributed by atoms with van der Waals surface area (Å²) in [6, 6.07) is 13.9. The molecule has 2 N–H and O–H groups in total. The second-order valence-corrected chi connectivity index (χ2v) is 10.4. The first kappa shape index (κ1) is 26.9. The second kappa shape index (κ2) is 12.0. The molecule has 0 saturated heterocycles. The third-order valence-electron chi connectivity index (χ3n) is 6.00. The highest BCUT2D eigenvalue weighted by Gasteiger charge is 2.23. The van der Waals surface area contributed by atoms with Crippen LogP contribution in [-0.2, 0) is 24.2 Å². The Hall–Kier alpha value is -4.12. The maximum absolute atomic E-state index is 13.0. The Kier molecular flexibility index (Phi) is 8.47. The van der Waals surface area contributed by atoms with E-state index >= 15 is 0 Å². The van der Waals surface area contributed by atoms with Crippen molar-refractivity contribution in [2.75, 3.05) is 12.4 Å². The highest BCUT2D eigenvalue weighted by atomic mass is 79.9. The number of hydrogen-bond acceptors (Lipinski definition) is 7. The van der Waals surface area contributed by atoms with Gasteiger partial charge in [-0.15, -0.1) is 11.3 Å². The number of nitrogens with zero attached hydrogens (tertiary/aromatic N) is 2. The lowest BCUT2D eigenvalue weighted by atomic mass is 9.96. The quantitative estimate of drug-likeness (QED) is 0.239. The van der Waals surface area contributed by atoms with Crippen LogP contribution < -0.4 is 14.8 Å². The number of fused-ring (bicyclic) bond motifs is 1. The predicted octanol–water partition coefficient (Wildman–Crippen LogP) is 6.09. The van der Waals surface area contributed by atoms with Crippen molar-refractivity contribution in [3.8, 4) is 23.6 Å². The first-order chi connectivity index (χ1) is 18.3. The lowest BCUT2D eigenvalue weighted by Gasteiger charge is -2.14. The van der Waals surface area contributed by atoms with E-state index < -0.39 is 11.9 Å². The first-order valence-electron chi connectivity index (χ1n) is 11.6. The van der Waals surface area contributed by atoms with Crippen molar-refractivity contribution < 1.29 is 24.2 Å². The van der Waals surface area contributed by atoms with E-state index in [9.17, 15) is 25.2 Å². The molecule has 38 heavy (non-hydrogen) atoms. The molecule has 1 aliphatic rings. The van der Waals surface area contributed by atoms with Gasteiger partial charge in [-0.3, -0.25) is 4.79 Å². The van der Waals surface area contributed by atoms with Crippen LogP contribution in [0.3, 0.4) is 0 Å². The summed E-state index contributed by atoms with van der Waals surface area (Å²) in [6.07, 6.45) is 5.21. The molecule has 1 aromatic heterocycles. The Balaban J connectivity index is 1.55. The molecule has 1 heterocycles. The number of amides is 1. The van der Waals surface area contributed by atoms with Crippen LogP contribution in [0.25, 0.3) is 6.08 Å². The molecule has 0 spiro atoms. The van der Waals surface area contributed by atoms with Crippen molar-refractivity contribution in [3.05, 3.63) is 79.1 Å². The van der Waals surface area contributed by atoms with Crippen LogP contribution in [0.5, 0.6) is 11.5 Å². The summed E-state index contributed by atoms with van der Waals surface area (Å²) in [5.41, 5.74) is 2.69. The number of nitriles is 2. The minimum atomic E-state index is -1.03. The van der Waals surface area contributed by atoms with E-state index in [0.29, 0.717) is 37.7 Å². The molecule has 0 radical (unpaired) electrons. The van der Waals surface area contributed by atoms with Gasteiger partial charge in [0.2, 0.25) is 0 Å². The van der Waals surface area contributed by atoms with Crippen LogP contribution in [0.2, 0.25) is 0 Å². The molecule has 2 aromatic carbocycles. The molecular weight excluding hydrogens is 570 g/mol. The van der Waals surface area contributed by atoms with Crippen molar-refractivity contribution in [2.24, 2.45) is 0 Å². The lowest BCUT2D eigenvalue weighted by Crippen LogP contribution is -2.13. The predicted molar refractivity (Wildman–Crippen MR) is 146 cm³/mol. The number of rotatable bonds is 8. The number of carbonyl (C=O) groups is 2. The van der Waals surface area contributed by atoms with Crippen LogP contribution in [-0.4, -0.2) is 24.1 Å². The summed E-state index contributed by atoms with van der Waals surface area (Å²) in [4.78, 5) is 25.3. The Labute approximate surface area is 231 Å². The summed E-state index contributed by atoms with van der Waals surface area (Å²) in [7, 11) is 1.47. The van der Waals surface area contributed by atoms with Gasteiger partial charge in [0.05, 0.1) is 22.7 Å². The molecule has 10 heteroatoms. The van der Waals surface area contributed by atoms with Crippen LogP contribution in [0.1, 0.15) is 50.3 Å². The van der Waals surface area contributed by atoms with Crippen molar-refractivity contribution >= 4 is 50.2 Å². The first-order valence-corrected chi connectivity index (χ1v) is 13.3. The topological polar surface area (TPSA) is 132 Å². The fraction of sp³-hybridized carbons (Fsp3) is 0.214. The average Bonchev–Trinajstić information content (AvgIpc) is 3.27. The van der Waals surface area contributed by atoms with E-state index in [1.165, 1.54) is 36.7 Å². The van der Waals surface area contributed by atoms with Crippen LogP contribution in [0.4, 0.5) is 5.00 Å². The molecule has 192 valence electrons. The maximum Gasteiger partial charge on any atom is 0.335 e. The summed E-state index contributed by atoms with van der Waals surface area (Å²) in [5.74, 6) is -0.885. The van der Waals surface area contributed by atoms with Gasteiger partial charge in [0.25, 0.3) is 5.91 Å². The standard InChI is InChI=1S/C28H22BrN3O5S/c1-36-23-12-17(11-22(29)25(23)37-15-16-5-4-6-18(9-16)28(34)35)10-19(13-30)26(33)32-27-21(14-31)20-7-2-3-8-24(20)38-27/h4-6,9-12H,2-3,7-8,15H2,1H3,(H,32,33)(H,34,35)/b19-10+. The summed E-state index contributed by atoms with van der Waals surface area (Å²) in [5, 5.41) is 31.8. The van der Waals surface area contributed by atoms with Crippen LogP contribution in [0, 0.1) is 22.7 Å². The Morgan fingerprint density at radius 2 is 2.00 bits per heavy atom. The zero-order valence-corrected chi connectivity index (χ0v) is 22.7. The SMILES string of the molecule is COc1cc(/C=C(\C#N)C(=O)Nc2sc3c(c2C#N)CCCC3)cc(Br)c1OCc1cccc(C(=O)O)c1. The number of thiophene rings is 1. The van der Waals surface area contributed by atoms with Gasteiger partial charge in [-0.05, 0) is 88.6 Å². The molecule has 0 bridgehead atoms. The highest BCUT2D eigenvalue weighted by molar-refractivity contribution is 9.10. The van der Waals surface area contributed by atoms with Gasteiger partial charge in [0.1, 0.15) is 29.3 Å². The molecular formula is C28H22BrN3O5S. The average molecular weight is 592 g/mol. The minimum absolute atomic E-state index is 0.100. The number of nitrogens with one attached hydrogen (secondary N) is 1. The molecule has 0 unspecified atom stereocenters. The molecule has 0 saturated carbocycles. The fourth-order valence-corrected chi connectivity index (χ4v) is 5.98. The monoisotopic (exact) mass is 591 g/mol. The Morgan fingerprint density at radius 1 is 1.21 bits per heavy atom. The highest BCUT2D eigenvalue weighted by Crippen LogP contribution is 2.39. The van der Waals surface area contributed by atoms with Crippen LogP contribution >= 0.6 is 27.3 Å². The maximum atomic E-state index is 13.0. The summed E-state index contributed by atoms with van der Waals surface area (Å²) < 4.78 is 11.9. The molecule has 1 amide bonds. The van der Waals surface area contributed by atoms with E-state index in [4.69, 9.17) is 9.47 Å². The van der Waals surface area contributed by atoms with Gasteiger partial charge >= 0.3 is 5.97 Å². The van der Waals surface area contributed by atoms with Crippen molar-refractivity contribution in [2.45, 2.75) is 32.3 Å². The number of hydrogen-bond donors (Lipinski definition) is 2. The largest absolute Gasteiger partial charge is 0.493 e. The molecule has 4 rings (SSSR count). The Bertz CT molecular complexity index is 1530. The number of anilines is 1. The molecule has 8 nitrogen and oxygen atoms in total. The number of methoxy groups -OCH3 is 1. The van der Waals surface area contributed by atoms with Gasteiger partial charge in [0, 0.05) is 4.88 Å². The van der Waals surface area contributed by atoms with Gasteiger partial charge in [0.15, 0.2) is 11.5 Å². The van der Waals surface area contributed by atoms with Gasteiger partial charge in [-0.2, -0.15) is 10.5 Å². The fourth-order valence-electron chi connectivity index (χ4n) is 4.17. The summed E-state index contributed by atoms with van der Waals surface area (Å²) in [6.45, 7) is 0.100. The number of ether oxygens (including phenoxy) is 2. The molecule has 3 aromatic rings. The zero-order valence-electron chi connectivity index (χ0n) is 20.3. The molecule has 0 aliphatic heterocycles. The lowest BCUT2D eigenvalue weighted by molar-refractivity contribution is -0.112. The van der Waals surface area contributed by atoms with Crippen LogP contribution in [0.15, 0.2) is 46.4 Å². The number of carboxylic acids is 1. The number of aromatic carboxylic acids is 1. The van der Waals surface area contributed by atoms with E-state index in [-0.39, 0.29) is 17.7 Å². The number of halogens is 1. The third kappa shape index (κ3) is 5.88. The third-order valence-corrected chi connectivity index (χ3v) is 7.79. The number of carboxylic acid groups (broad SMARTS) is 1. The molecule has 0 atom stereocenters. The van der Waals surface area contributed by atoms with E-state index in [2.05, 4.69) is 27.3 Å². The number of benzene rings is 2. The Morgan fingerprint density at radius 3 is 2.71 bits per heavy atom. The normalized spacial score (nSPS) is 12.6. The minimum Gasteiger partial charge on any atom is -0.493 e. The van der Waals surface area contributed by atoms with Crippen molar-refractivity contribution in [3.63, 3.8) is 0 Å². The number of aryl methyl sites for hydroxylation is 1. The van der Waals surface area contributed by atoms with E-state index in [1.807, 2.05) is 6.07 Å². The second-order valence-electron chi connectivity index (χ2n) is 8.48. The van der Waals surface area contributed by atoms with Gasteiger partial charge in [-0.1, -0.05) is 12.1 Å². The van der Waals surface area contributed by atoms with Crippen molar-refractivity contribution in [1.29, 1.82) is 10.5 Å². The summed E-state index contributed by atoms with van der Waals surface area (Å²) >= 11 is 4.86.